The largest absolute Gasteiger partial charge is 0.478 e. The number of hydrogen-bond donors (Lipinski definition) is 1. The van der Waals surface area contributed by atoms with Crippen molar-refractivity contribution in [2.45, 2.75) is 0 Å². The average Bonchev–Trinajstić information content (AvgIpc) is 2.54. The van der Waals surface area contributed by atoms with Crippen molar-refractivity contribution < 1.29 is 19.6 Å². The third kappa shape index (κ3) is 3.23. The second-order valence-corrected chi connectivity index (χ2v) is 4.28. The molecule has 0 aliphatic rings. The number of ether oxygens (including phenoxy) is 1. The van der Waals surface area contributed by atoms with E-state index < -0.39 is 16.6 Å². The van der Waals surface area contributed by atoms with Crippen molar-refractivity contribution in [1.29, 1.82) is 10.5 Å². The molecule has 0 saturated carbocycles. The van der Waals surface area contributed by atoms with E-state index >= 15 is 0 Å². The van der Waals surface area contributed by atoms with E-state index in [9.17, 15) is 14.9 Å². The number of carbonyl (C=O) groups is 1. The second-order valence-electron chi connectivity index (χ2n) is 4.28. The van der Waals surface area contributed by atoms with E-state index in [1.807, 2.05) is 12.1 Å². The molecule has 112 valence electrons. The Hall–Kier alpha value is -3.91. The molecule has 0 saturated heterocycles. The Kier molecular flexibility index (Phi) is 4.20. The van der Waals surface area contributed by atoms with Crippen LogP contribution in [0.25, 0.3) is 0 Å². The Morgan fingerprint density at radius 3 is 2.39 bits per heavy atom. The number of carboxylic acid groups (broad SMARTS) is 1. The smallest absolute Gasteiger partial charge is 0.335 e. The number of benzene rings is 2. The van der Waals surface area contributed by atoms with E-state index in [0.29, 0.717) is 0 Å². The Balaban J connectivity index is 2.45. The summed E-state index contributed by atoms with van der Waals surface area (Å²) in [6.45, 7) is 0. The van der Waals surface area contributed by atoms with Gasteiger partial charge in [-0.05, 0) is 30.3 Å². The second kappa shape index (κ2) is 6.24. The molecule has 0 amide bonds. The fourth-order valence-corrected chi connectivity index (χ4v) is 1.78. The summed E-state index contributed by atoms with van der Waals surface area (Å²) < 4.78 is 5.35. The van der Waals surface area contributed by atoms with Gasteiger partial charge in [0.15, 0.2) is 0 Å². The third-order valence-electron chi connectivity index (χ3n) is 2.86. The van der Waals surface area contributed by atoms with Crippen molar-refractivity contribution in [3.63, 3.8) is 0 Å². The van der Waals surface area contributed by atoms with E-state index in [0.717, 1.165) is 12.1 Å². The molecule has 0 aliphatic carbocycles. The lowest BCUT2D eigenvalue weighted by Gasteiger charge is -2.07. The molecular weight excluding hydrogens is 302 g/mol. The molecule has 0 aliphatic heterocycles. The molecule has 2 aromatic carbocycles. The summed E-state index contributed by atoms with van der Waals surface area (Å²) in [5.74, 6) is -1.36. The van der Waals surface area contributed by atoms with Crippen molar-refractivity contribution in [3.05, 3.63) is 63.2 Å². The highest BCUT2D eigenvalue weighted by molar-refractivity contribution is 5.88. The van der Waals surface area contributed by atoms with Gasteiger partial charge in [-0.15, -0.1) is 0 Å². The normalized spacial score (nSPS) is 9.48. The van der Waals surface area contributed by atoms with Crippen molar-refractivity contribution in [2.75, 3.05) is 0 Å². The molecule has 0 heterocycles. The summed E-state index contributed by atoms with van der Waals surface area (Å²) in [6.07, 6.45) is 0. The third-order valence-corrected chi connectivity index (χ3v) is 2.86. The van der Waals surface area contributed by atoms with E-state index in [-0.39, 0.29) is 28.2 Å². The lowest BCUT2D eigenvalue weighted by molar-refractivity contribution is -0.385. The first-order valence-electron chi connectivity index (χ1n) is 6.10. The fourth-order valence-electron chi connectivity index (χ4n) is 1.78. The number of rotatable bonds is 4. The summed E-state index contributed by atoms with van der Waals surface area (Å²) in [5, 5.41) is 37.7. The van der Waals surface area contributed by atoms with Gasteiger partial charge in [-0.3, -0.25) is 10.1 Å². The maximum Gasteiger partial charge on any atom is 0.335 e. The molecule has 8 nitrogen and oxygen atoms in total. The first-order chi connectivity index (χ1) is 11.0. The molecule has 0 atom stereocenters. The van der Waals surface area contributed by atoms with Gasteiger partial charge in [-0.25, -0.2) is 4.79 Å². The highest BCUT2D eigenvalue weighted by Crippen LogP contribution is 2.32. The molecule has 8 heteroatoms. The zero-order valence-electron chi connectivity index (χ0n) is 11.4. The molecule has 0 radical (unpaired) electrons. The van der Waals surface area contributed by atoms with Gasteiger partial charge in [-0.1, -0.05) is 0 Å². The van der Waals surface area contributed by atoms with Crippen molar-refractivity contribution in [3.8, 4) is 23.6 Å². The van der Waals surface area contributed by atoms with Gasteiger partial charge in [0, 0.05) is 6.07 Å². The number of nitro groups is 1. The van der Waals surface area contributed by atoms with Crippen LogP contribution in [0.2, 0.25) is 0 Å². The van der Waals surface area contributed by atoms with Crippen LogP contribution in [-0.2, 0) is 0 Å². The van der Waals surface area contributed by atoms with Crippen LogP contribution in [0.4, 0.5) is 5.69 Å². The predicted molar refractivity (Wildman–Crippen MR) is 76.0 cm³/mol. The van der Waals surface area contributed by atoms with E-state index in [1.165, 1.54) is 24.3 Å². The number of carboxylic acids is 1. The molecule has 1 N–H and O–H groups in total. The van der Waals surface area contributed by atoms with Crippen LogP contribution in [0.15, 0.2) is 36.4 Å². The number of nitriles is 2. The molecule has 23 heavy (non-hydrogen) atoms. The Labute approximate surface area is 129 Å². The average molecular weight is 309 g/mol. The number of nitro benzene ring substituents is 1. The van der Waals surface area contributed by atoms with Crippen molar-refractivity contribution >= 4 is 11.7 Å². The number of nitrogens with zero attached hydrogens (tertiary/aromatic N) is 3. The molecular formula is C15H7N3O5. The van der Waals surface area contributed by atoms with Crippen molar-refractivity contribution in [2.24, 2.45) is 0 Å². The van der Waals surface area contributed by atoms with Crippen LogP contribution in [0, 0.1) is 32.8 Å². The quantitative estimate of drug-likeness (QED) is 0.676. The lowest BCUT2D eigenvalue weighted by atomic mass is 10.1. The van der Waals surface area contributed by atoms with Gasteiger partial charge in [0.05, 0.1) is 21.6 Å². The van der Waals surface area contributed by atoms with Crippen LogP contribution in [0.1, 0.15) is 21.5 Å². The SMILES string of the molecule is N#Cc1ccc(Oc2ccc(C(=O)O)cc2[N+](=O)[O-])cc1C#N. The van der Waals surface area contributed by atoms with Crippen LogP contribution in [0.3, 0.4) is 0 Å². The van der Waals surface area contributed by atoms with Gasteiger partial charge >= 0.3 is 11.7 Å². The molecule has 0 fully saturated rings. The van der Waals surface area contributed by atoms with E-state index in [4.69, 9.17) is 20.4 Å². The minimum absolute atomic E-state index is 0.0646. The van der Waals surface area contributed by atoms with Gasteiger partial charge in [0.25, 0.3) is 0 Å². The van der Waals surface area contributed by atoms with Crippen LogP contribution < -0.4 is 4.74 Å². The summed E-state index contributed by atoms with van der Waals surface area (Å²) in [6, 6.07) is 10.9. The zero-order chi connectivity index (χ0) is 17.0. The highest BCUT2D eigenvalue weighted by atomic mass is 16.6. The number of hydrogen-bond acceptors (Lipinski definition) is 6. The number of aromatic carboxylic acids is 1. The molecule has 0 unspecified atom stereocenters. The molecule has 2 aromatic rings. The van der Waals surface area contributed by atoms with Crippen LogP contribution in [-0.4, -0.2) is 16.0 Å². The Morgan fingerprint density at radius 1 is 1.13 bits per heavy atom. The van der Waals surface area contributed by atoms with Crippen LogP contribution >= 0.6 is 0 Å². The molecule has 0 aromatic heterocycles. The first kappa shape index (κ1) is 15.5. The summed E-state index contributed by atoms with van der Waals surface area (Å²) in [4.78, 5) is 21.1. The predicted octanol–water partition coefficient (Wildman–Crippen LogP) is 2.83. The van der Waals surface area contributed by atoms with Gasteiger partial charge < -0.3 is 9.84 Å². The first-order valence-corrected chi connectivity index (χ1v) is 6.10. The minimum atomic E-state index is -1.30. The molecule has 2 rings (SSSR count). The minimum Gasteiger partial charge on any atom is -0.478 e. The Bertz CT molecular complexity index is 893. The summed E-state index contributed by atoms with van der Waals surface area (Å²) in [7, 11) is 0. The maximum atomic E-state index is 11.0. The van der Waals surface area contributed by atoms with Gasteiger partial charge in [-0.2, -0.15) is 10.5 Å². The molecule has 0 bridgehead atoms. The van der Waals surface area contributed by atoms with E-state index in [1.54, 1.807) is 0 Å². The monoisotopic (exact) mass is 309 g/mol. The van der Waals surface area contributed by atoms with Gasteiger partial charge in [0.2, 0.25) is 5.75 Å². The zero-order valence-corrected chi connectivity index (χ0v) is 11.4. The van der Waals surface area contributed by atoms with Crippen LogP contribution in [0.5, 0.6) is 11.5 Å². The van der Waals surface area contributed by atoms with E-state index in [2.05, 4.69) is 0 Å². The topological polar surface area (TPSA) is 137 Å². The summed E-state index contributed by atoms with van der Waals surface area (Å²) >= 11 is 0. The standard InChI is InChI=1S/C15H7N3O5/c16-7-10-1-3-12(5-11(10)8-17)23-14-4-2-9(15(19)20)6-13(14)18(21)22/h1-6H,(H,19,20). The Morgan fingerprint density at radius 2 is 1.83 bits per heavy atom. The molecule has 0 spiro atoms. The van der Waals surface area contributed by atoms with Crippen molar-refractivity contribution in [1.82, 2.24) is 0 Å². The van der Waals surface area contributed by atoms with Gasteiger partial charge in [0.1, 0.15) is 17.9 Å². The lowest BCUT2D eigenvalue weighted by Crippen LogP contribution is -2.00. The fraction of sp³-hybridized carbons (Fsp3) is 0. The summed E-state index contributed by atoms with van der Waals surface area (Å²) in [5.41, 5.74) is -0.556. The maximum absolute atomic E-state index is 11.0. The highest BCUT2D eigenvalue weighted by Gasteiger charge is 2.19.